The van der Waals surface area contributed by atoms with Crippen molar-refractivity contribution in [1.29, 1.82) is 0 Å². The van der Waals surface area contributed by atoms with Gasteiger partial charge in [-0.25, -0.2) is 8.78 Å². The van der Waals surface area contributed by atoms with Crippen molar-refractivity contribution in [2.75, 3.05) is 13.1 Å². The van der Waals surface area contributed by atoms with Gasteiger partial charge in [-0.15, -0.1) is 0 Å². The van der Waals surface area contributed by atoms with Gasteiger partial charge in [0, 0.05) is 13.0 Å². The topological polar surface area (TPSA) is 46.3 Å². The molecule has 1 fully saturated rings. The normalized spacial score (nSPS) is 21.9. The summed E-state index contributed by atoms with van der Waals surface area (Å²) >= 11 is 0. The predicted molar refractivity (Wildman–Crippen MR) is 67.4 cm³/mol. The average Bonchev–Trinajstić information content (AvgIpc) is 2.68. The van der Waals surface area contributed by atoms with E-state index in [4.69, 9.17) is 5.73 Å². The fourth-order valence-corrected chi connectivity index (χ4v) is 2.27. The van der Waals surface area contributed by atoms with Crippen LogP contribution in [0.15, 0.2) is 0 Å². The van der Waals surface area contributed by atoms with Gasteiger partial charge < -0.3 is 10.6 Å². The summed E-state index contributed by atoms with van der Waals surface area (Å²) < 4.78 is 26.1. The minimum Gasteiger partial charge on any atom is -0.335 e. The fraction of sp³-hybridized carbons (Fsp3) is 0.923. The van der Waals surface area contributed by atoms with Crippen LogP contribution < -0.4 is 5.73 Å². The number of carbonyl (C=O) groups is 1. The molecule has 1 aliphatic rings. The molecule has 0 bridgehead atoms. The standard InChI is InChI=1S/C13H24F2N2O/c1-3-4-5-6-10(2)11(16)12(18)17-8-7-13(14,15)9-17/h10-11H,3-9,16H2,1-2H3. The van der Waals surface area contributed by atoms with Crippen LogP contribution in [0, 0.1) is 5.92 Å². The van der Waals surface area contributed by atoms with E-state index in [0.717, 1.165) is 25.7 Å². The van der Waals surface area contributed by atoms with E-state index in [9.17, 15) is 13.6 Å². The van der Waals surface area contributed by atoms with Gasteiger partial charge in [0.05, 0.1) is 12.6 Å². The van der Waals surface area contributed by atoms with Crippen molar-refractivity contribution in [3.63, 3.8) is 0 Å². The number of alkyl halides is 2. The Balaban J connectivity index is 2.41. The third-order valence-corrected chi connectivity index (χ3v) is 3.64. The molecule has 1 heterocycles. The van der Waals surface area contributed by atoms with Crippen molar-refractivity contribution in [3.8, 4) is 0 Å². The van der Waals surface area contributed by atoms with Gasteiger partial charge in [-0.3, -0.25) is 4.79 Å². The first-order chi connectivity index (χ1) is 8.37. The molecular weight excluding hydrogens is 238 g/mol. The molecule has 2 unspecified atom stereocenters. The molecule has 0 aromatic carbocycles. The highest BCUT2D eigenvalue weighted by molar-refractivity contribution is 5.82. The molecule has 1 saturated heterocycles. The maximum atomic E-state index is 13.0. The molecule has 1 rings (SSSR count). The van der Waals surface area contributed by atoms with E-state index in [0.29, 0.717) is 0 Å². The summed E-state index contributed by atoms with van der Waals surface area (Å²) in [6.07, 6.45) is 3.91. The Hall–Kier alpha value is -0.710. The van der Waals surface area contributed by atoms with Crippen molar-refractivity contribution < 1.29 is 13.6 Å². The van der Waals surface area contributed by atoms with E-state index in [2.05, 4.69) is 6.92 Å². The van der Waals surface area contributed by atoms with Crippen LogP contribution in [0.2, 0.25) is 0 Å². The van der Waals surface area contributed by atoms with Gasteiger partial charge in [0.25, 0.3) is 5.92 Å². The summed E-state index contributed by atoms with van der Waals surface area (Å²) in [4.78, 5) is 13.2. The molecule has 1 aliphatic heterocycles. The lowest BCUT2D eigenvalue weighted by Gasteiger charge is -2.24. The molecule has 2 N–H and O–H groups in total. The number of likely N-dealkylation sites (tertiary alicyclic amines) is 1. The lowest BCUT2D eigenvalue weighted by atomic mass is 9.95. The molecule has 5 heteroatoms. The lowest BCUT2D eigenvalue weighted by molar-refractivity contribution is -0.134. The third-order valence-electron chi connectivity index (χ3n) is 3.64. The Morgan fingerprint density at radius 2 is 2.11 bits per heavy atom. The Morgan fingerprint density at radius 3 is 2.61 bits per heavy atom. The summed E-state index contributed by atoms with van der Waals surface area (Å²) in [7, 11) is 0. The van der Waals surface area contributed by atoms with Crippen LogP contribution in [0.1, 0.15) is 46.0 Å². The zero-order valence-electron chi connectivity index (χ0n) is 11.3. The van der Waals surface area contributed by atoms with Gasteiger partial charge in [-0.05, 0) is 12.3 Å². The molecule has 18 heavy (non-hydrogen) atoms. The third kappa shape index (κ3) is 4.19. The van der Waals surface area contributed by atoms with E-state index in [1.54, 1.807) is 0 Å². The molecule has 106 valence electrons. The van der Waals surface area contributed by atoms with Crippen LogP contribution in [0.25, 0.3) is 0 Å². The van der Waals surface area contributed by atoms with E-state index >= 15 is 0 Å². The zero-order valence-corrected chi connectivity index (χ0v) is 11.3. The monoisotopic (exact) mass is 262 g/mol. The first kappa shape index (κ1) is 15.3. The summed E-state index contributed by atoms with van der Waals surface area (Å²) in [6.45, 7) is 3.69. The zero-order chi connectivity index (χ0) is 13.8. The van der Waals surface area contributed by atoms with Gasteiger partial charge in [0.15, 0.2) is 0 Å². The van der Waals surface area contributed by atoms with Crippen molar-refractivity contribution >= 4 is 5.91 Å². The summed E-state index contributed by atoms with van der Waals surface area (Å²) in [5.74, 6) is -3.00. The van der Waals surface area contributed by atoms with Crippen LogP contribution in [0.4, 0.5) is 8.78 Å². The Kier molecular flexibility index (Phi) is 5.50. The van der Waals surface area contributed by atoms with E-state index in [1.165, 1.54) is 4.90 Å². The Bertz CT molecular complexity index is 284. The molecule has 0 aromatic rings. The number of nitrogens with two attached hydrogens (primary N) is 1. The number of hydrogen-bond acceptors (Lipinski definition) is 2. The van der Waals surface area contributed by atoms with Gasteiger partial charge in [0.1, 0.15) is 0 Å². The average molecular weight is 262 g/mol. The molecule has 0 aromatic heterocycles. The SMILES string of the molecule is CCCCCC(C)C(N)C(=O)N1CCC(F)(F)C1. The van der Waals surface area contributed by atoms with Crippen molar-refractivity contribution in [2.24, 2.45) is 11.7 Å². The van der Waals surface area contributed by atoms with Crippen molar-refractivity contribution in [1.82, 2.24) is 4.90 Å². The largest absolute Gasteiger partial charge is 0.335 e. The minimum atomic E-state index is -2.74. The first-order valence-corrected chi connectivity index (χ1v) is 6.79. The van der Waals surface area contributed by atoms with Gasteiger partial charge in [0.2, 0.25) is 5.91 Å². The van der Waals surface area contributed by atoms with Gasteiger partial charge in [-0.1, -0.05) is 33.1 Å². The van der Waals surface area contributed by atoms with Crippen LogP contribution in [0.5, 0.6) is 0 Å². The first-order valence-electron chi connectivity index (χ1n) is 6.79. The van der Waals surface area contributed by atoms with Crippen LogP contribution in [-0.4, -0.2) is 35.9 Å². The summed E-state index contributed by atoms with van der Waals surface area (Å²) in [5, 5.41) is 0. The maximum absolute atomic E-state index is 13.0. The maximum Gasteiger partial charge on any atom is 0.267 e. The van der Waals surface area contributed by atoms with Crippen LogP contribution in [0.3, 0.4) is 0 Å². The lowest BCUT2D eigenvalue weighted by Crippen LogP contribution is -2.46. The number of amides is 1. The van der Waals surface area contributed by atoms with Gasteiger partial charge >= 0.3 is 0 Å². The second-order valence-corrected chi connectivity index (χ2v) is 5.36. The van der Waals surface area contributed by atoms with Gasteiger partial charge in [-0.2, -0.15) is 0 Å². The summed E-state index contributed by atoms with van der Waals surface area (Å²) in [5.41, 5.74) is 5.88. The molecule has 2 atom stereocenters. The summed E-state index contributed by atoms with van der Waals surface area (Å²) in [6, 6.07) is -0.643. The number of unbranched alkanes of at least 4 members (excludes halogenated alkanes) is 2. The number of halogens is 2. The molecule has 1 amide bonds. The molecular formula is C13H24F2N2O. The minimum absolute atomic E-state index is 0.0540. The van der Waals surface area contributed by atoms with Crippen LogP contribution >= 0.6 is 0 Å². The molecule has 0 aliphatic carbocycles. The van der Waals surface area contributed by atoms with E-state index in [1.807, 2.05) is 6.92 Å². The Labute approximate surface area is 108 Å². The number of carbonyl (C=O) groups excluding carboxylic acids is 1. The van der Waals surface area contributed by atoms with Crippen molar-refractivity contribution in [3.05, 3.63) is 0 Å². The number of nitrogens with zero attached hydrogens (tertiary/aromatic N) is 1. The highest BCUT2D eigenvalue weighted by Crippen LogP contribution is 2.27. The van der Waals surface area contributed by atoms with Crippen LogP contribution in [-0.2, 0) is 4.79 Å². The van der Waals surface area contributed by atoms with Crippen molar-refractivity contribution in [2.45, 2.75) is 57.9 Å². The molecule has 0 spiro atoms. The van der Waals surface area contributed by atoms with E-state index in [-0.39, 0.29) is 24.8 Å². The second kappa shape index (κ2) is 6.45. The highest BCUT2D eigenvalue weighted by Gasteiger charge is 2.41. The second-order valence-electron chi connectivity index (χ2n) is 5.36. The number of rotatable bonds is 6. The smallest absolute Gasteiger partial charge is 0.267 e. The predicted octanol–water partition coefficient (Wildman–Crippen LogP) is 2.40. The fourth-order valence-electron chi connectivity index (χ4n) is 2.27. The highest BCUT2D eigenvalue weighted by atomic mass is 19.3. The Morgan fingerprint density at radius 1 is 1.44 bits per heavy atom. The molecule has 0 radical (unpaired) electrons. The molecule has 3 nitrogen and oxygen atoms in total. The van der Waals surface area contributed by atoms with E-state index < -0.39 is 18.5 Å². The number of hydrogen-bond donors (Lipinski definition) is 1. The molecule has 0 saturated carbocycles. The quantitative estimate of drug-likeness (QED) is 0.747.